The largest absolute Gasteiger partial charge is 2.00 e. The van der Waals surface area contributed by atoms with Crippen molar-refractivity contribution >= 4 is 31.6 Å². The molecule has 0 N–H and O–H groups in total. The van der Waals surface area contributed by atoms with Gasteiger partial charge >= 0.3 is 42.0 Å². The summed E-state index contributed by atoms with van der Waals surface area (Å²) in [5.74, 6) is -0.441. The van der Waals surface area contributed by atoms with E-state index < -0.39 is 23.8 Å². The molecule has 0 aromatic heterocycles. The number of nitro benzene ring substituents is 2. The Morgan fingerprint density at radius 3 is 1.07 bits per heavy atom. The molecule has 4 rings (SSSR count). The fourth-order valence-corrected chi connectivity index (χ4v) is 6.40. The van der Waals surface area contributed by atoms with Crippen molar-refractivity contribution in [3.63, 3.8) is 0 Å². The quantitative estimate of drug-likeness (QED) is 0.0420. The molecule has 21 heteroatoms. The third-order valence-electron chi connectivity index (χ3n) is 9.19. The van der Waals surface area contributed by atoms with Crippen LogP contribution in [0.5, 0.6) is 23.0 Å². The molecule has 0 spiro atoms. The number of phosphoric acid groups is 1. The fraction of sp³-hybridized carbons (Fsp3) is 0.431. The number of hydrogen-bond acceptors (Lipinski definition) is 16. The summed E-state index contributed by atoms with van der Waals surface area (Å²) in [6.07, 6.45) is 1.98. The molecule has 0 saturated carbocycles. The number of hydrogen-bond donors (Lipinski definition) is 0. The Balaban J connectivity index is -0.00000119. The minimum Gasteiger partial charge on any atom is -0.872 e. The van der Waals surface area contributed by atoms with Crippen molar-refractivity contribution < 1.29 is 77.8 Å². The van der Waals surface area contributed by atoms with Gasteiger partial charge in [0, 0.05) is 70.6 Å². The predicted molar refractivity (Wildman–Crippen MR) is 264 cm³/mol. The van der Waals surface area contributed by atoms with Crippen LogP contribution in [-0.4, -0.2) is 41.5 Å². The molecule has 0 atom stereocenters. The Morgan fingerprint density at radius 1 is 0.583 bits per heavy atom. The second-order valence-electron chi connectivity index (χ2n) is 19.3. The predicted octanol–water partition coefficient (Wildman–Crippen LogP) is 9.30. The molecule has 4 aromatic rings. The zero-order chi connectivity index (χ0) is 54.4. The topological polar surface area (TPSA) is 310 Å². The average molecular weight is 1110 g/mol. The molecule has 2 radical (unpaired) electrons. The summed E-state index contributed by atoms with van der Waals surface area (Å²) in [7, 11) is -4.80. The molecule has 0 aliphatic heterocycles. The summed E-state index contributed by atoms with van der Waals surface area (Å²) in [6, 6.07) is 21.7. The van der Waals surface area contributed by atoms with Crippen LogP contribution in [0.4, 0.5) is 11.4 Å². The van der Waals surface area contributed by atoms with Crippen molar-refractivity contribution in [2.75, 3.05) is 13.1 Å². The summed E-state index contributed by atoms with van der Waals surface area (Å²) in [6.45, 7) is 29.1. The van der Waals surface area contributed by atoms with Gasteiger partial charge in [-0.3, -0.25) is 30.2 Å². The number of non-ortho nitro benzene ring substituents is 2. The Hall–Kier alpha value is -6.12. The van der Waals surface area contributed by atoms with Gasteiger partial charge in [-0.1, -0.05) is 125 Å². The van der Waals surface area contributed by atoms with Crippen molar-refractivity contribution in [2.45, 2.75) is 132 Å². The van der Waals surface area contributed by atoms with Crippen LogP contribution in [-0.2, 0) is 60.4 Å². The number of nitrogens with zero attached hydrogens (tertiary/aromatic N) is 7. The first kappa shape index (κ1) is 70.1. The number of phosphoric ester groups is 1. The first-order valence-electron chi connectivity index (χ1n) is 21.6. The van der Waals surface area contributed by atoms with Gasteiger partial charge in [0.15, 0.2) is 0 Å². The minimum atomic E-state index is -4.80. The first-order chi connectivity index (χ1) is 32.1. The molecule has 18 nitrogen and oxygen atoms in total. The molecule has 0 unspecified atom stereocenters. The average Bonchev–Trinajstić information content (AvgIpc) is 3.21. The molecule has 0 saturated heterocycles. The zero-order valence-electron chi connectivity index (χ0n) is 43.2. The molecule has 0 aliphatic carbocycles. The Morgan fingerprint density at radius 2 is 0.847 bits per heavy atom. The van der Waals surface area contributed by atoms with Gasteiger partial charge < -0.3 is 29.3 Å². The summed E-state index contributed by atoms with van der Waals surface area (Å²) >= 11 is 0. The minimum absolute atomic E-state index is 0. The maximum atomic E-state index is 13.1. The van der Waals surface area contributed by atoms with E-state index in [1.807, 2.05) is 65.8 Å². The van der Waals surface area contributed by atoms with Crippen LogP contribution in [0.15, 0.2) is 82.8 Å². The molecule has 396 valence electrons. The Bertz CT molecular complexity index is 2410. The van der Waals surface area contributed by atoms with E-state index in [1.54, 1.807) is 18.2 Å². The van der Waals surface area contributed by atoms with Crippen LogP contribution >= 0.6 is 7.82 Å². The number of aliphatic imine (C=N–C) groups is 2. The van der Waals surface area contributed by atoms with Crippen LogP contribution in [0.3, 0.4) is 0 Å². The van der Waals surface area contributed by atoms with Gasteiger partial charge in [-0.25, -0.2) is 4.57 Å². The number of benzene rings is 4. The van der Waals surface area contributed by atoms with Crippen LogP contribution < -0.4 is 29.3 Å². The van der Waals surface area contributed by atoms with E-state index in [-0.39, 0.29) is 103 Å². The maximum absolute atomic E-state index is 13.1. The maximum Gasteiger partial charge on any atom is 2.00 e. The standard InChI is InChI=1S/C33H49N2O3.C12H9N2O8P.3C2H3N.2Cu/c1-30(2,3)23-13-21(28(37)26(15-23)32(7,8)9)17-34-19-25(36)20-35-18-22-14-24(31(4,5)6)16-27(29(22)38)33(10,11)12;15-13(16)9-1-5-11(6-2-9)21-23(19,20)22-12-7-3-10(4-8-12)14(17)18;3*1-2-3;;/h13-18,25,37-38H,19-20H2,1-12H3;1-8H,(H,19,20);3*1H3;;/q-1;;;;;2*+2/p-3. The van der Waals surface area contributed by atoms with Gasteiger partial charge in [-0.2, -0.15) is 15.8 Å². The summed E-state index contributed by atoms with van der Waals surface area (Å²) < 4.78 is 21.0. The monoisotopic (exact) mass is 1110 g/mol. The molecule has 0 aliphatic rings. The normalized spacial score (nSPS) is 11.5. The van der Waals surface area contributed by atoms with Crippen LogP contribution in [0, 0.1) is 54.2 Å². The molecule has 0 bridgehead atoms. The van der Waals surface area contributed by atoms with E-state index in [2.05, 4.69) is 60.6 Å². The second kappa shape index (κ2) is 31.4. The van der Waals surface area contributed by atoms with Gasteiger partial charge in [0.25, 0.3) is 11.4 Å². The van der Waals surface area contributed by atoms with E-state index in [0.717, 1.165) is 70.8 Å². The molecule has 4 aromatic carbocycles. The van der Waals surface area contributed by atoms with Crippen LogP contribution in [0.2, 0.25) is 0 Å². The molecule has 72 heavy (non-hydrogen) atoms. The number of rotatable bonds is 12. The van der Waals surface area contributed by atoms with Gasteiger partial charge in [0.1, 0.15) is 11.5 Å². The zero-order valence-corrected chi connectivity index (χ0v) is 46.0. The van der Waals surface area contributed by atoms with E-state index in [9.17, 15) is 45.0 Å². The van der Waals surface area contributed by atoms with Crippen molar-refractivity contribution in [3.8, 4) is 41.2 Å². The number of nitriles is 3. The van der Waals surface area contributed by atoms with E-state index in [1.165, 1.54) is 33.2 Å². The van der Waals surface area contributed by atoms with Gasteiger partial charge in [0.05, 0.1) is 28.1 Å². The Labute approximate surface area is 445 Å². The van der Waals surface area contributed by atoms with E-state index in [0.29, 0.717) is 11.1 Å². The molecular formula is C51H64Cu2N7O11P. The third-order valence-corrected chi connectivity index (χ3v) is 10.1. The summed E-state index contributed by atoms with van der Waals surface area (Å²) in [4.78, 5) is 40.0. The van der Waals surface area contributed by atoms with E-state index in [4.69, 9.17) is 15.8 Å². The SMILES string of the molecule is CC#N.CC#N.CC#N.CC(C)(C)c1cc(C=NCC([O-])CN=Cc2cc(C(C)(C)C)cc(C(C)(C)C)c2[O-])c([O-])c(C(C)(C)C)c1.O=[N+]([O-])c1ccc(OP(=O)([O-])Oc2ccc([N+](=O)[O-])cc2)cc1.[Cu+2].[Cu+2]. The molecule has 0 heterocycles. The second-order valence-corrected chi connectivity index (χ2v) is 20.6. The molecule has 0 amide bonds. The Kier molecular flexibility index (Phi) is 30.5. The smallest absolute Gasteiger partial charge is 0.872 e. The van der Waals surface area contributed by atoms with Gasteiger partial charge in [-0.05, 0) is 79.3 Å². The molecular weight excluding hydrogens is 1040 g/mol. The van der Waals surface area contributed by atoms with Crippen LogP contribution in [0.1, 0.15) is 137 Å². The third kappa shape index (κ3) is 25.3. The number of nitro groups is 2. The van der Waals surface area contributed by atoms with Crippen molar-refractivity contribution in [1.29, 1.82) is 15.8 Å². The summed E-state index contributed by atoms with van der Waals surface area (Å²) in [5.41, 5.74) is 3.33. The van der Waals surface area contributed by atoms with Gasteiger partial charge in [-0.15, -0.1) is 0 Å². The van der Waals surface area contributed by atoms with Crippen molar-refractivity contribution in [1.82, 2.24) is 0 Å². The molecule has 0 fully saturated rings. The van der Waals surface area contributed by atoms with E-state index >= 15 is 0 Å². The first-order valence-corrected chi connectivity index (χ1v) is 23.1. The van der Waals surface area contributed by atoms with Crippen molar-refractivity contribution in [3.05, 3.63) is 126 Å². The summed E-state index contributed by atoms with van der Waals surface area (Å²) in [5, 5.41) is 81.7. The van der Waals surface area contributed by atoms with Crippen molar-refractivity contribution in [2.24, 2.45) is 9.98 Å². The van der Waals surface area contributed by atoms with Gasteiger partial charge in [0.2, 0.25) is 0 Å². The fourth-order valence-electron chi connectivity index (χ4n) is 5.60. The van der Waals surface area contributed by atoms with Crippen LogP contribution in [0.25, 0.3) is 0 Å².